The highest BCUT2D eigenvalue weighted by Crippen LogP contribution is 2.34. The summed E-state index contributed by atoms with van der Waals surface area (Å²) in [7, 11) is 1.64. The van der Waals surface area contributed by atoms with Crippen LogP contribution in [0, 0.1) is 11.6 Å². The Morgan fingerprint density at radius 1 is 1.16 bits per heavy atom. The zero-order valence-corrected chi connectivity index (χ0v) is 18.0. The lowest BCUT2D eigenvalue weighted by atomic mass is 10.2. The van der Waals surface area contributed by atoms with E-state index in [1.165, 1.54) is 17.8 Å². The fourth-order valence-corrected chi connectivity index (χ4v) is 3.35. The number of rotatable bonds is 10. The van der Waals surface area contributed by atoms with Crippen molar-refractivity contribution in [3.8, 4) is 11.5 Å². The van der Waals surface area contributed by atoms with E-state index in [4.69, 9.17) is 15.6 Å². The molecule has 0 fully saturated rings. The number of benzene rings is 1. The monoisotopic (exact) mass is 460 g/mol. The first kappa shape index (κ1) is 23.2. The molecule has 11 heteroatoms. The van der Waals surface area contributed by atoms with Crippen molar-refractivity contribution < 1.29 is 18.6 Å². The highest BCUT2D eigenvalue weighted by molar-refractivity contribution is 7.99. The normalized spacial score (nSPS) is 11.3. The molecule has 3 aromatic rings. The van der Waals surface area contributed by atoms with Crippen molar-refractivity contribution in [1.82, 2.24) is 15.4 Å². The van der Waals surface area contributed by atoms with Crippen molar-refractivity contribution in [2.75, 3.05) is 24.7 Å². The van der Waals surface area contributed by atoms with Crippen LogP contribution in [0.3, 0.4) is 0 Å². The minimum atomic E-state index is -1.02. The van der Waals surface area contributed by atoms with Gasteiger partial charge in [-0.2, -0.15) is 5.10 Å². The predicted octanol–water partition coefficient (Wildman–Crippen LogP) is 3.60. The van der Waals surface area contributed by atoms with Gasteiger partial charge in [-0.05, 0) is 36.8 Å². The molecule has 0 amide bonds. The van der Waals surface area contributed by atoms with Crippen LogP contribution in [0.15, 0.2) is 58.8 Å². The van der Waals surface area contributed by atoms with Gasteiger partial charge in [0.1, 0.15) is 11.6 Å². The molecule has 0 bridgehead atoms. The summed E-state index contributed by atoms with van der Waals surface area (Å²) in [5, 5.41) is 15.9. The number of hydrazone groups is 1. The van der Waals surface area contributed by atoms with Crippen LogP contribution >= 0.6 is 11.8 Å². The van der Waals surface area contributed by atoms with Gasteiger partial charge in [0.2, 0.25) is 0 Å². The van der Waals surface area contributed by atoms with Crippen LogP contribution in [-0.4, -0.2) is 40.3 Å². The van der Waals surface area contributed by atoms with Crippen LogP contribution < -0.4 is 21.2 Å². The average molecular weight is 461 g/mol. The third-order valence-electron chi connectivity index (χ3n) is 4.06. The van der Waals surface area contributed by atoms with Crippen LogP contribution in [0.4, 0.5) is 20.4 Å². The summed E-state index contributed by atoms with van der Waals surface area (Å²) in [6, 6.07) is 8.43. The fraction of sp³-hybridized carbons (Fsp3) is 0.190. The average Bonchev–Trinajstić information content (AvgIpc) is 2.79. The van der Waals surface area contributed by atoms with Crippen LogP contribution in [0.1, 0.15) is 12.0 Å². The first-order chi connectivity index (χ1) is 15.5. The van der Waals surface area contributed by atoms with Gasteiger partial charge in [-0.25, -0.2) is 18.7 Å². The molecule has 8 nitrogen and oxygen atoms in total. The number of hydrogen-bond donors (Lipinski definition) is 4. The number of nitrogens with two attached hydrogens (primary N) is 1. The number of aliphatic hydroxyl groups is 1. The molecular weight excluding hydrogens is 438 g/mol. The molecule has 0 aliphatic heterocycles. The SMILES string of the molecule is CN/N=C(\N)c1ccc(Nc2ncc(SCCCO)cc2Oc2ccc(F)c(F)c2)nc1. The number of halogens is 2. The van der Waals surface area contributed by atoms with Crippen LogP contribution in [-0.2, 0) is 0 Å². The van der Waals surface area contributed by atoms with Crippen LogP contribution in [0.25, 0.3) is 0 Å². The number of ether oxygens (including phenoxy) is 1. The van der Waals surface area contributed by atoms with E-state index in [0.717, 1.165) is 17.0 Å². The second-order valence-corrected chi connectivity index (χ2v) is 7.57. The molecule has 3 rings (SSSR count). The van der Waals surface area contributed by atoms with E-state index < -0.39 is 11.6 Å². The van der Waals surface area contributed by atoms with E-state index in [1.54, 1.807) is 37.6 Å². The molecule has 0 aliphatic carbocycles. The second-order valence-electron chi connectivity index (χ2n) is 6.40. The van der Waals surface area contributed by atoms with Gasteiger partial charge in [0.05, 0.1) is 0 Å². The lowest BCUT2D eigenvalue weighted by Gasteiger charge is -2.14. The number of aromatic nitrogens is 2. The van der Waals surface area contributed by atoms with Crippen molar-refractivity contribution in [2.24, 2.45) is 10.8 Å². The van der Waals surface area contributed by atoms with Gasteiger partial charge in [0.15, 0.2) is 29.0 Å². The van der Waals surface area contributed by atoms with Crippen molar-refractivity contribution in [3.05, 3.63) is 66.0 Å². The number of anilines is 2. The molecule has 32 heavy (non-hydrogen) atoms. The van der Waals surface area contributed by atoms with E-state index in [0.29, 0.717) is 35.1 Å². The van der Waals surface area contributed by atoms with Gasteiger partial charge < -0.3 is 26.3 Å². The van der Waals surface area contributed by atoms with Crippen molar-refractivity contribution >= 4 is 29.2 Å². The Balaban J connectivity index is 1.86. The molecule has 5 N–H and O–H groups in total. The standard InChI is InChI=1S/C21H22F2N6O2S/c1-25-29-20(24)13-3-6-19(26-11-13)28-21-18(10-15(12-27-21)32-8-2-7-30)31-14-4-5-16(22)17(23)9-14/h3-6,9-12,25,30H,2,7-8H2,1H3,(H2,24,29)(H,26,27,28). The van der Waals surface area contributed by atoms with Gasteiger partial charge in [-0.1, -0.05) is 0 Å². The molecule has 0 radical (unpaired) electrons. The maximum atomic E-state index is 13.6. The summed E-state index contributed by atoms with van der Waals surface area (Å²) in [5.74, 6) is 0.208. The number of aliphatic hydroxyl groups excluding tert-OH is 1. The Labute approximate surface area is 187 Å². The minimum absolute atomic E-state index is 0.0868. The van der Waals surface area contributed by atoms with Crippen molar-refractivity contribution in [1.29, 1.82) is 0 Å². The first-order valence-electron chi connectivity index (χ1n) is 9.60. The number of hydrogen-bond acceptors (Lipinski definition) is 8. The quantitative estimate of drug-likeness (QED) is 0.119. The Hall–Kier alpha value is -3.44. The molecule has 1 aromatic carbocycles. The summed E-state index contributed by atoms with van der Waals surface area (Å²) in [5.41, 5.74) is 9.07. The third-order valence-corrected chi connectivity index (χ3v) is 5.11. The molecule has 2 heterocycles. The van der Waals surface area contributed by atoms with Gasteiger partial charge in [-0.3, -0.25) is 0 Å². The molecule has 168 valence electrons. The van der Waals surface area contributed by atoms with E-state index >= 15 is 0 Å². The minimum Gasteiger partial charge on any atom is -0.453 e. The number of thioether (sulfide) groups is 1. The Morgan fingerprint density at radius 2 is 2.00 bits per heavy atom. The van der Waals surface area contributed by atoms with Crippen LogP contribution in [0.5, 0.6) is 11.5 Å². The Bertz CT molecular complexity index is 1080. The lowest BCUT2D eigenvalue weighted by molar-refractivity contribution is 0.296. The highest BCUT2D eigenvalue weighted by atomic mass is 32.2. The van der Waals surface area contributed by atoms with E-state index in [1.807, 2.05) is 0 Å². The molecule has 0 aliphatic rings. The molecule has 0 atom stereocenters. The molecule has 2 aromatic heterocycles. The topological polar surface area (TPSA) is 118 Å². The summed E-state index contributed by atoms with van der Waals surface area (Å²) in [4.78, 5) is 9.48. The zero-order chi connectivity index (χ0) is 22.9. The lowest BCUT2D eigenvalue weighted by Crippen LogP contribution is -2.17. The van der Waals surface area contributed by atoms with E-state index in [9.17, 15) is 8.78 Å². The van der Waals surface area contributed by atoms with Gasteiger partial charge in [0.25, 0.3) is 0 Å². The highest BCUT2D eigenvalue weighted by Gasteiger charge is 2.12. The third kappa shape index (κ3) is 6.28. The summed E-state index contributed by atoms with van der Waals surface area (Å²) >= 11 is 1.49. The molecule has 0 saturated heterocycles. The Morgan fingerprint density at radius 3 is 2.69 bits per heavy atom. The van der Waals surface area contributed by atoms with Crippen molar-refractivity contribution in [3.63, 3.8) is 0 Å². The molecule has 0 saturated carbocycles. The number of amidine groups is 1. The first-order valence-corrected chi connectivity index (χ1v) is 10.6. The van der Waals surface area contributed by atoms with Gasteiger partial charge >= 0.3 is 0 Å². The van der Waals surface area contributed by atoms with E-state index in [-0.39, 0.29) is 18.2 Å². The number of pyridine rings is 2. The summed E-state index contributed by atoms with van der Waals surface area (Å²) in [6.07, 6.45) is 3.82. The number of nitrogens with one attached hydrogen (secondary N) is 2. The number of nitrogens with zero attached hydrogens (tertiary/aromatic N) is 3. The second kappa shape index (κ2) is 11.3. The Kier molecular flexibility index (Phi) is 8.17. The van der Waals surface area contributed by atoms with E-state index in [2.05, 4.69) is 25.8 Å². The van der Waals surface area contributed by atoms with Gasteiger partial charge in [-0.15, -0.1) is 11.8 Å². The largest absolute Gasteiger partial charge is 0.453 e. The molecule has 0 spiro atoms. The maximum absolute atomic E-state index is 13.6. The van der Waals surface area contributed by atoms with Crippen molar-refractivity contribution in [2.45, 2.75) is 11.3 Å². The molecular formula is C21H22F2N6O2S. The maximum Gasteiger partial charge on any atom is 0.175 e. The van der Waals surface area contributed by atoms with Crippen LogP contribution in [0.2, 0.25) is 0 Å². The summed E-state index contributed by atoms with van der Waals surface area (Å²) in [6.45, 7) is 0.0868. The predicted molar refractivity (Wildman–Crippen MR) is 120 cm³/mol. The van der Waals surface area contributed by atoms with Gasteiger partial charge in [0, 0.05) is 48.3 Å². The fourth-order valence-electron chi connectivity index (χ4n) is 2.52. The molecule has 0 unspecified atom stereocenters. The zero-order valence-electron chi connectivity index (χ0n) is 17.2. The smallest absolute Gasteiger partial charge is 0.175 e. The summed E-state index contributed by atoms with van der Waals surface area (Å²) < 4.78 is 32.7.